The smallest absolute Gasteiger partial charge is 0.214 e. The van der Waals surface area contributed by atoms with Crippen molar-refractivity contribution < 1.29 is 8.42 Å². The van der Waals surface area contributed by atoms with Crippen LogP contribution >= 0.6 is 0 Å². The van der Waals surface area contributed by atoms with E-state index in [0.29, 0.717) is 5.92 Å². The monoisotopic (exact) mass is 244 g/mol. The lowest BCUT2D eigenvalue weighted by molar-refractivity contribution is 0.260. The van der Waals surface area contributed by atoms with Gasteiger partial charge in [-0.1, -0.05) is 0 Å². The van der Waals surface area contributed by atoms with Crippen LogP contribution in [0.4, 0.5) is 0 Å². The molecule has 0 bridgehead atoms. The molecule has 4 nitrogen and oxygen atoms in total. The van der Waals surface area contributed by atoms with Gasteiger partial charge in [-0.05, 0) is 57.0 Å². The first-order chi connectivity index (χ1) is 7.65. The number of hydrogen-bond acceptors (Lipinski definition) is 3. The Morgan fingerprint density at radius 1 is 1.00 bits per heavy atom. The van der Waals surface area contributed by atoms with Crippen molar-refractivity contribution in [2.75, 3.05) is 13.1 Å². The highest BCUT2D eigenvalue weighted by Crippen LogP contribution is 2.34. The van der Waals surface area contributed by atoms with E-state index < -0.39 is 10.0 Å². The molecule has 1 unspecified atom stereocenters. The topological polar surface area (TPSA) is 58.2 Å². The van der Waals surface area contributed by atoms with Gasteiger partial charge in [0.05, 0.1) is 5.25 Å². The summed E-state index contributed by atoms with van der Waals surface area (Å²) in [6.07, 6.45) is 4.94. The van der Waals surface area contributed by atoms with Crippen molar-refractivity contribution in [2.45, 2.75) is 43.4 Å². The average Bonchev–Trinajstić information content (AvgIpc) is 2.99. The lowest BCUT2D eigenvalue weighted by atomic mass is 9.79. The molecule has 5 heteroatoms. The Morgan fingerprint density at radius 3 is 2.50 bits per heavy atom. The highest BCUT2D eigenvalue weighted by Gasteiger charge is 2.40. The number of hydrogen-bond donors (Lipinski definition) is 2. The molecular weight excluding hydrogens is 224 g/mol. The Bertz CT molecular complexity index is 364. The minimum Gasteiger partial charge on any atom is -0.316 e. The number of nitrogens with one attached hydrogen (secondary N) is 2. The molecule has 16 heavy (non-hydrogen) atoms. The van der Waals surface area contributed by atoms with Gasteiger partial charge >= 0.3 is 0 Å². The van der Waals surface area contributed by atoms with E-state index in [1.807, 2.05) is 0 Å². The number of sulfonamides is 1. The van der Waals surface area contributed by atoms with E-state index in [-0.39, 0.29) is 11.3 Å². The lowest BCUT2D eigenvalue weighted by Gasteiger charge is -2.31. The molecule has 0 aromatic carbocycles. The van der Waals surface area contributed by atoms with Crippen LogP contribution in [-0.2, 0) is 10.0 Å². The Hall–Kier alpha value is -0.130. The van der Waals surface area contributed by atoms with Crippen molar-refractivity contribution in [1.82, 2.24) is 10.0 Å². The van der Waals surface area contributed by atoms with Crippen LogP contribution in [-0.4, -0.2) is 32.8 Å². The summed E-state index contributed by atoms with van der Waals surface area (Å²) >= 11 is 0. The van der Waals surface area contributed by atoms with E-state index in [2.05, 4.69) is 10.0 Å². The van der Waals surface area contributed by atoms with E-state index in [1.54, 1.807) is 0 Å². The minimum absolute atomic E-state index is 0.0769. The molecular formula is C11H20N2O2S. The van der Waals surface area contributed by atoms with E-state index in [4.69, 9.17) is 0 Å². The van der Waals surface area contributed by atoms with Crippen molar-refractivity contribution >= 4 is 10.0 Å². The summed E-state index contributed by atoms with van der Waals surface area (Å²) in [5.41, 5.74) is 0. The molecule has 0 aromatic rings. The Kier molecular flexibility index (Phi) is 2.72. The van der Waals surface area contributed by atoms with Crippen LogP contribution in [0.15, 0.2) is 0 Å². The minimum atomic E-state index is -2.99. The Labute approximate surface area is 97.2 Å². The maximum Gasteiger partial charge on any atom is 0.214 e. The molecule has 1 heterocycles. The average molecular weight is 244 g/mol. The zero-order chi connectivity index (χ0) is 11.2. The molecule has 3 rings (SSSR count). The van der Waals surface area contributed by atoms with Gasteiger partial charge in [0, 0.05) is 6.04 Å². The molecule has 92 valence electrons. The Morgan fingerprint density at radius 2 is 1.75 bits per heavy atom. The van der Waals surface area contributed by atoms with Crippen molar-refractivity contribution in [3.63, 3.8) is 0 Å². The van der Waals surface area contributed by atoms with E-state index in [9.17, 15) is 8.42 Å². The summed E-state index contributed by atoms with van der Waals surface area (Å²) in [4.78, 5) is 0. The summed E-state index contributed by atoms with van der Waals surface area (Å²) in [6, 6.07) is 0.201. The molecule has 0 amide bonds. The molecule has 0 radical (unpaired) electrons. The molecule has 3 fully saturated rings. The SMILES string of the molecule is O=S(=O)(NC1CC[C@H]2CNC[C@H]2C1)C1CC1. The van der Waals surface area contributed by atoms with Crippen molar-refractivity contribution in [3.05, 3.63) is 0 Å². The molecule has 1 aliphatic heterocycles. The van der Waals surface area contributed by atoms with Gasteiger partial charge in [-0.2, -0.15) is 0 Å². The normalized spacial score (nSPS) is 39.6. The Balaban J connectivity index is 1.60. The fourth-order valence-corrected chi connectivity index (χ4v) is 4.74. The second-order valence-electron chi connectivity index (χ2n) is 5.55. The highest BCUT2D eigenvalue weighted by molar-refractivity contribution is 7.90. The number of fused-ring (bicyclic) bond motifs is 1. The van der Waals surface area contributed by atoms with Crippen molar-refractivity contribution in [1.29, 1.82) is 0 Å². The fraction of sp³-hybridized carbons (Fsp3) is 1.00. The first kappa shape index (κ1) is 11.0. The zero-order valence-corrected chi connectivity index (χ0v) is 10.3. The third-order valence-electron chi connectivity index (χ3n) is 4.25. The standard InChI is InChI=1S/C11H20N2O2S/c14-16(15,11-3-4-11)13-10-2-1-8-6-12-7-9(8)5-10/h8-13H,1-7H2/t8-,9+,10?/m0/s1. The van der Waals surface area contributed by atoms with Gasteiger partial charge in [0.25, 0.3) is 0 Å². The van der Waals surface area contributed by atoms with Gasteiger partial charge in [-0.15, -0.1) is 0 Å². The molecule has 2 saturated carbocycles. The highest BCUT2D eigenvalue weighted by atomic mass is 32.2. The van der Waals surface area contributed by atoms with Gasteiger partial charge < -0.3 is 5.32 Å². The molecule has 1 saturated heterocycles. The van der Waals surface area contributed by atoms with Gasteiger partial charge in [-0.25, -0.2) is 13.1 Å². The molecule has 0 aromatic heterocycles. The second-order valence-corrected chi connectivity index (χ2v) is 7.54. The number of rotatable bonds is 3. The van der Waals surface area contributed by atoms with Crippen LogP contribution in [0, 0.1) is 11.8 Å². The summed E-state index contributed by atoms with van der Waals surface area (Å²) in [5, 5.41) is 3.33. The van der Waals surface area contributed by atoms with Crippen LogP contribution in [0.25, 0.3) is 0 Å². The molecule has 2 N–H and O–H groups in total. The predicted octanol–water partition coefficient (Wildman–Crippen LogP) is 0.456. The van der Waals surface area contributed by atoms with E-state index >= 15 is 0 Å². The summed E-state index contributed by atoms with van der Waals surface area (Å²) in [7, 11) is -2.99. The lowest BCUT2D eigenvalue weighted by Crippen LogP contribution is -2.41. The third-order valence-corrected chi connectivity index (χ3v) is 6.26. The molecule has 3 atom stereocenters. The van der Waals surface area contributed by atoms with E-state index in [1.165, 1.54) is 6.42 Å². The van der Waals surface area contributed by atoms with Crippen LogP contribution < -0.4 is 10.0 Å². The van der Waals surface area contributed by atoms with Gasteiger partial charge in [0.15, 0.2) is 0 Å². The molecule has 2 aliphatic carbocycles. The molecule has 3 aliphatic rings. The summed E-state index contributed by atoms with van der Waals surface area (Å²) < 4.78 is 26.6. The maximum atomic E-state index is 11.8. The maximum absolute atomic E-state index is 11.8. The van der Waals surface area contributed by atoms with Crippen LogP contribution in [0.2, 0.25) is 0 Å². The second kappa shape index (κ2) is 3.96. The zero-order valence-electron chi connectivity index (χ0n) is 9.48. The summed E-state index contributed by atoms with van der Waals surface area (Å²) in [6.45, 7) is 2.21. The van der Waals surface area contributed by atoms with Gasteiger partial charge in [-0.3, -0.25) is 0 Å². The first-order valence-corrected chi connectivity index (χ1v) is 7.91. The quantitative estimate of drug-likeness (QED) is 0.758. The van der Waals surface area contributed by atoms with Gasteiger partial charge in [0.2, 0.25) is 10.0 Å². The molecule has 0 spiro atoms. The van der Waals surface area contributed by atoms with E-state index in [0.717, 1.165) is 44.7 Å². The largest absolute Gasteiger partial charge is 0.316 e. The summed E-state index contributed by atoms with van der Waals surface area (Å²) in [5.74, 6) is 1.49. The van der Waals surface area contributed by atoms with Crippen LogP contribution in [0.3, 0.4) is 0 Å². The van der Waals surface area contributed by atoms with Crippen molar-refractivity contribution in [3.8, 4) is 0 Å². The van der Waals surface area contributed by atoms with Gasteiger partial charge in [0.1, 0.15) is 0 Å². The fourth-order valence-electron chi connectivity index (χ4n) is 3.11. The third kappa shape index (κ3) is 2.13. The predicted molar refractivity (Wildman–Crippen MR) is 62.6 cm³/mol. The van der Waals surface area contributed by atoms with Crippen LogP contribution in [0.5, 0.6) is 0 Å². The first-order valence-electron chi connectivity index (χ1n) is 6.37. The van der Waals surface area contributed by atoms with Crippen LogP contribution in [0.1, 0.15) is 32.1 Å². The van der Waals surface area contributed by atoms with Crippen molar-refractivity contribution in [2.24, 2.45) is 11.8 Å².